The number of nitrogens with two attached hydrogens (primary N) is 1. The Kier molecular flexibility index (Phi) is 16.2. The predicted octanol–water partition coefficient (Wildman–Crippen LogP) is 5.22. The maximum atomic E-state index is 12.0. The van der Waals surface area contributed by atoms with Gasteiger partial charge in [0.05, 0.1) is 0 Å². The van der Waals surface area contributed by atoms with Crippen LogP contribution in [0.25, 0.3) is 0 Å². The Balaban J connectivity index is 3.77. The number of rotatable bonds is 18. The van der Waals surface area contributed by atoms with E-state index in [1.165, 1.54) is 38.5 Å². The number of unbranched alkanes of at least 4 members (excludes halogenated alkanes) is 10. The third kappa shape index (κ3) is 17.2. The number of aliphatic hydroxyl groups excluding tert-OH is 2. The Bertz CT molecular complexity index is 315. The summed E-state index contributed by atoms with van der Waals surface area (Å²) in [4.78, 5) is 0. The van der Waals surface area contributed by atoms with Crippen molar-refractivity contribution in [2.45, 2.75) is 116 Å². The molecular formula is C18H40NO5P. The minimum absolute atomic E-state index is 0.365. The van der Waals surface area contributed by atoms with Gasteiger partial charge in [0.1, 0.15) is 0 Å². The monoisotopic (exact) mass is 381 g/mol. The Morgan fingerprint density at radius 3 is 1.40 bits per heavy atom. The first-order valence-electron chi connectivity index (χ1n) is 10.0. The van der Waals surface area contributed by atoms with Crippen molar-refractivity contribution >= 4 is 7.75 Å². The summed E-state index contributed by atoms with van der Waals surface area (Å²) >= 11 is 0. The smallest absolute Gasteiger partial charge is 0.367 e. The van der Waals surface area contributed by atoms with Gasteiger partial charge in [-0.05, 0) is 25.7 Å². The summed E-state index contributed by atoms with van der Waals surface area (Å²) in [5.41, 5.74) is 5.45. The molecule has 152 valence electrons. The van der Waals surface area contributed by atoms with E-state index in [1.807, 2.05) is 0 Å². The van der Waals surface area contributed by atoms with Crippen LogP contribution in [0.2, 0.25) is 0 Å². The van der Waals surface area contributed by atoms with E-state index in [2.05, 4.69) is 13.8 Å². The van der Waals surface area contributed by atoms with E-state index in [4.69, 9.17) is 14.6 Å². The zero-order valence-corrected chi connectivity index (χ0v) is 17.1. The van der Waals surface area contributed by atoms with Crippen LogP contribution in [0.15, 0.2) is 0 Å². The first-order chi connectivity index (χ1) is 11.9. The molecule has 0 aromatic heterocycles. The molecule has 7 heteroatoms. The standard InChI is InChI=1S/C18H40NO5P/c1-3-5-7-9-11-13-15-17(20)23-25(19,22)24-18(21)16-14-12-10-8-6-4-2/h17-18,20-21H,3-16H2,1-2H3,(H2,19,22). The Morgan fingerprint density at radius 1 is 0.720 bits per heavy atom. The summed E-state index contributed by atoms with van der Waals surface area (Å²) < 4.78 is 21.8. The highest BCUT2D eigenvalue weighted by Crippen LogP contribution is 2.42. The topological polar surface area (TPSA) is 102 Å². The minimum Gasteiger partial charge on any atom is -0.367 e. The van der Waals surface area contributed by atoms with Gasteiger partial charge in [-0.25, -0.2) is 10.1 Å². The highest BCUT2D eigenvalue weighted by Gasteiger charge is 2.26. The van der Waals surface area contributed by atoms with Gasteiger partial charge in [0, 0.05) is 0 Å². The third-order valence-corrected chi connectivity index (χ3v) is 5.22. The molecule has 2 atom stereocenters. The van der Waals surface area contributed by atoms with Gasteiger partial charge in [-0.3, -0.25) is 9.05 Å². The molecule has 4 N–H and O–H groups in total. The minimum atomic E-state index is -3.94. The van der Waals surface area contributed by atoms with E-state index < -0.39 is 20.3 Å². The molecule has 25 heavy (non-hydrogen) atoms. The molecule has 0 aliphatic rings. The van der Waals surface area contributed by atoms with E-state index in [0.29, 0.717) is 12.8 Å². The summed E-state index contributed by atoms with van der Waals surface area (Å²) in [6, 6.07) is 0. The van der Waals surface area contributed by atoms with Gasteiger partial charge < -0.3 is 10.2 Å². The second-order valence-corrected chi connectivity index (χ2v) is 8.27. The molecule has 0 fully saturated rings. The van der Waals surface area contributed by atoms with E-state index in [-0.39, 0.29) is 0 Å². The SMILES string of the molecule is CCCCCCCCC(O)OP(N)(=O)OC(O)CCCCCCCC. The van der Waals surface area contributed by atoms with Crippen molar-refractivity contribution in [2.75, 3.05) is 0 Å². The van der Waals surface area contributed by atoms with E-state index in [9.17, 15) is 14.8 Å². The van der Waals surface area contributed by atoms with Crippen LogP contribution in [-0.4, -0.2) is 22.8 Å². The van der Waals surface area contributed by atoms with Gasteiger partial charge in [-0.15, -0.1) is 0 Å². The molecule has 0 saturated carbocycles. The summed E-state index contributed by atoms with van der Waals surface area (Å²) in [7, 11) is -3.94. The molecule has 0 radical (unpaired) electrons. The van der Waals surface area contributed by atoms with Crippen LogP contribution in [0.1, 0.15) is 104 Å². The molecular weight excluding hydrogens is 341 g/mol. The molecule has 0 heterocycles. The summed E-state index contributed by atoms with van der Waals surface area (Å²) in [6.45, 7) is 4.33. The first kappa shape index (κ1) is 25.0. The normalized spacial score (nSPS) is 16.5. The fraction of sp³-hybridized carbons (Fsp3) is 1.00. The van der Waals surface area contributed by atoms with Crippen LogP contribution in [0, 0.1) is 0 Å². The van der Waals surface area contributed by atoms with Crippen molar-refractivity contribution in [3.63, 3.8) is 0 Å². The molecule has 0 amide bonds. The average Bonchev–Trinajstić information content (AvgIpc) is 2.53. The van der Waals surface area contributed by atoms with Crippen LogP contribution >= 0.6 is 7.75 Å². The first-order valence-corrected chi connectivity index (χ1v) is 11.6. The van der Waals surface area contributed by atoms with E-state index in [0.717, 1.165) is 38.5 Å². The molecule has 0 saturated heterocycles. The van der Waals surface area contributed by atoms with Crippen molar-refractivity contribution in [2.24, 2.45) is 5.50 Å². The number of hydrogen-bond donors (Lipinski definition) is 3. The molecule has 2 unspecified atom stereocenters. The van der Waals surface area contributed by atoms with E-state index in [1.54, 1.807) is 0 Å². The van der Waals surface area contributed by atoms with Crippen molar-refractivity contribution in [3.8, 4) is 0 Å². The second kappa shape index (κ2) is 16.2. The number of hydrogen-bond acceptors (Lipinski definition) is 5. The third-order valence-electron chi connectivity index (χ3n) is 4.15. The maximum absolute atomic E-state index is 12.0. The second-order valence-electron chi connectivity index (χ2n) is 6.77. The summed E-state index contributed by atoms with van der Waals surface area (Å²) in [6.07, 6.45) is 11.3. The van der Waals surface area contributed by atoms with Crippen molar-refractivity contribution in [1.29, 1.82) is 0 Å². The molecule has 0 spiro atoms. The van der Waals surface area contributed by atoms with Crippen LogP contribution in [-0.2, 0) is 13.6 Å². The molecule has 0 aliphatic heterocycles. The van der Waals surface area contributed by atoms with Gasteiger partial charge in [0.15, 0.2) is 12.6 Å². The highest BCUT2D eigenvalue weighted by atomic mass is 31.2. The quantitative estimate of drug-likeness (QED) is 0.171. The summed E-state index contributed by atoms with van der Waals surface area (Å²) in [5, 5.41) is 19.5. The highest BCUT2D eigenvalue weighted by molar-refractivity contribution is 7.51. The molecule has 0 aromatic rings. The maximum Gasteiger partial charge on any atom is 0.407 e. The lowest BCUT2D eigenvalue weighted by Gasteiger charge is -2.20. The fourth-order valence-electron chi connectivity index (χ4n) is 2.67. The van der Waals surface area contributed by atoms with Crippen LogP contribution in [0.3, 0.4) is 0 Å². The van der Waals surface area contributed by atoms with Crippen molar-refractivity contribution < 1.29 is 23.8 Å². The van der Waals surface area contributed by atoms with Crippen molar-refractivity contribution in [1.82, 2.24) is 0 Å². The Morgan fingerprint density at radius 2 is 1.04 bits per heavy atom. The average molecular weight is 381 g/mol. The Hall–Kier alpha value is 0.0300. The van der Waals surface area contributed by atoms with Gasteiger partial charge in [-0.1, -0.05) is 78.1 Å². The van der Waals surface area contributed by atoms with Gasteiger partial charge in [0.2, 0.25) is 0 Å². The molecule has 0 bridgehead atoms. The zero-order valence-electron chi connectivity index (χ0n) is 16.2. The molecule has 6 nitrogen and oxygen atoms in total. The Labute approximate surface area is 154 Å². The molecule has 0 aromatic carbocycles. The fourth-order valence-corrected chi connectivity index (χ4v) is 3.61. The van der Waals surface area contributed by atoms with E-state index >= 15 is 0 Å². The van der Waals surface area contributed by atoms with Gasteiger partial charge in [-0.2, -0.15) is 0 Å². The largest absolute Gasteiger partial charge is 0.407 e. The zero-order chi connectivity index (χ0) is 19.0. The predicted molar refractivity (Wildman–Crippen MR) is 102 cm³/mol. The van der Waals surface area contributed by atoms with Crippen LogP contribution in [0.4, 0.5) is 0 Å². The van der Waals surface area contributed by atoms with Gasteiger partial charge >= 0.3 is 7.75 Å². The van der Waals surface area contributed by atoms with Gasteiger partial charge in [0.25, 0.3) is 0 Å². The lowest BCUT2D eigenvalue weighted by molar-refractivity contribution is -0.0727. The van der Waals surface area contributed by atoms with Crippen LogP contribution < -0.4 is 5.50 Å². The lowest BCUT2D eigenvalue weighted by atomic mass is 10.1. The molecule has 0 aliphatic carbocycles. The van der Waals surface area contributed by atoms with Crippen LogP contribution in [0.5, 0.6) is 0 Å². The molecule has 0 rings (SSSR count). The number of aliphatic hydroxyl groups is 2. The van der Waals surface area contributed by atoms with Crippen molar-refractivity contribution in [3.05, 3.63) is 0 Å². The summed E-state index contributed by atoms with van der Waals surface area (Å²) in [5.74, 6) is 0. The lowest BCUT2D eigenvalue weighted by Crippen LogP contribution is -2.19.